The van der Waals surface area contributed by atoms with Gasteiger partial charge in [-0.05, 0) is 42.2 Å². The zero-order valence-corrected chi connectivity index (χ0v) is 16.4. The second-order valence-electron chi connectivity index (χ2n) is 6.32. The molecule has 0 aliphatic rings. The fraction of sp³-hybridized carbons (Fsp3) is 0.333. The monoisotopic (exact) mass is 396 g/mol. The van der Waals surface area contributed by atoms with Gasteiger partial charge in [0.1, 0.15) is 5.02 Å². The molecule has 8 heteroatoms. The maximum absolute atomic E-state index is 13.2. The molecular formula is C18H21ClN2O4S. The van der Waals surface area contributed by atoms with E-state index in [1.54, 1.807) is 12.1 Å². The summed E-state index contributed by atoms with van der Waals surface area (Å²) in [6.45, 7) is 6.09. The summed E-state index contributed by atoms with van der Waals surface area (Å²) >= 11 is 5.81. The molecule has 26 heavy (non-hydrogen) atoms. The second-order valence-corrected chi connectivity index (χ2v) is 8.59. The summed E-state index contributed by atoms with van der Waals surface area (Å²) in [6.07, 6.45) is 0.848. The first-order chi connectivity index (χ1) is 12.2. The van der Waals surface area contributed by atoms with E-state index >= 15 is 0 Å². The lowest BCUT2D eigenvalue weighted by Gasteiger charge is -2.26. The molecule has 2 aromatic carbocycles. The van der Waals surface area contributed by atoms with E-state index in [0.29, 0.717) is 5.69 Å². The fourth-order valence-electron chi connectivity index (χ4n) is 2.49. The van der Waals surface area contributed by atoms with Crippen LogP contribution in [-0.4, -0.2) is 19.9 Å². The lowest BCUT2D eigenvalue weighted by molar-refractivity contribution is -0.384. The number of benzene rings is 2. The van der Waals surface area contributed by atoms with Crippen molar-refractivity contribution in [3.63, 3.8) is 0 Å². The zero-order chi connectivity index (χ0) is 19.5. The standard InChI is InChI=1S/C18H21ClN2O4S/c1-4-14-5-7-15(8-6-14)20(12-13(2)3)26(24,25)16-9-10-17(19)18(11-16)21(22)23/h5-11,13H,4,12H2,1-3H3. The Morgan fingerprint density at radius 1 is 1.15 bits per heavy atom. The summed E-state index contributed by atoms with van der Waals surface area (Å²) in [5.41, 5.74) is 1.19. The average molecular weight is 397 g/mol. The van der Waals surface area contributed by atoms with E-state index in [-0.39, 0.29) is 22.4 Å². The van der Waals surface area contributed by atoms with Gasteiger partial charge in [0.15, 0.2) is 0 Å². The molecule has 0 aliphatic carbocycles. The van der Waals surface area contributed by atoms with Gasteiger partial charge in [-0.2, -0.15) is 0 Å². The van der Waals surface area contributed by atoms with Crippen LogP contribution in [-0.2, 0) is 16.4 Å². The minimum absolute atomic E-state index is 0.0675. The third-order valence-electron chi connectivity index (χ3n) is 3.87. The van der Waals surface area contributed by atoms with E-state index in [2.05, 4.69) is 0 Å². The van der Waals surface area contributed by atoms with Crippen LogP contribution in [0.15, 0.2) is 47.4 Å². The molecule has 0 aromatic heterocycles. The van der Waals surface area contributed by atoms with E-state index in [9.17, 15) is 18.5 Å². The van der Waals surface area contributed by atoms with E-state index in [1.165, 1.54) is 16.4 Å². The van der Waals surface area contributed by atoms with Crippen molar-refractivity contribution in [3.05, 3.63) is 63.2 Å². The van der Waals surface area contributed by atoms with Gasteiger partial charge < -0.3 is 0 Å². The van der Waals surface area contributed by atoms with Gasteiger partial charge in [-0.1, -0.05) is 44.5 Å². The van der Waals surface area contributed by atoms with E-state index in [1.807, 2.05) is 32.9 Å². The van der Waals surface area contributed by atoms with Crippen molar-refractivity contribution >= 4 is 33.0 Å². The molecule has 0 saturated heterocycles. The first-order valence-corrected chi connectivity index (χ1v) is 10.0. The summed E-state index contributed by atoms with van der Waals surface area (Å²) in [4.78, 5) is 10.3. The summed E-state index contributed by atoms with van der Waals surface area (Å²) in [7, 11) is -3.97. The van der Waals surface area contributed by atoms with Crippen molar-refractivity contribution in [1.82, 2.24) is 0 Å². The van der Waals surface area contributed by atoms with Crippen LogP contribution in [0.4, 0.5) is 11.4 Å². The van der Waals surface area contributed by atoms with Crippen molar-refractivity contribution in [2.24, 2.45) is 5.92 Å². The largest absolute Gasteiger partial charge is 0.289 e. The number of halogens is 1. The quantitative estimate of drug-likeness (QED) is 0.503. The van der Waals surface area contributed by atoms with Gasteiger partial charge in [-0.3, -0.25) is 14.4 Å². The first-order valence-electron chi connectivity index (χ1n) is 8.22. The predicted molar refractivity (Wildman–Crippen MR) is 103 cm³/mol. The van der Waals surface area contributed by atoms with Crippen LogP contribution in [0, 0.1) is 16.0 Å². The second kappa shape index (κ2) is 8.05. The Balaban J connectivity index is 2.55. The van der Waals surface area contributed by atoms with Crippen LogP contribution in [0.5, 0.6) is 0 Å². The van der Waals surface area contributed by atoms with Gasteiger partial charge >= 0.3 is 0 Å². The number of hydrogen-bond donors (Lipinski definition) is 0. The first kappa shape index (κ1) is 20.2. The van der Waals surface area contributed by atoms with Crippen molar-refractivity contribution in [3.8, 4) is 0 Å². The molecule has 0 heterocycles. The third-order valence-corrected chi connectivity index (χ3v) is 5.98. The predicted octanol–water partition coefficient (Wildman–Crippen LogP) is 4.66. The highest BCUT2D eigenvalue weighted by molar-refractivity contribution is 7.92. The molecule has 0 radical (unpaired) electrons. The molecule has 0 saturated carbocycles. The Bertz CT molecular complexity index is 896. The highest BCUT2D eigenvalue weighted by Crippen LogP contribution is 2.31. The topological polar surface area (TPSA) is 80.5 Å². The van der Waals surface area contributed by atoms with Crippen LogP contribution in [0.25, 0.3) is 0 Å². The minimum Gasteiger partial charge on any atom is -0.266 e. The van der Waals surface area contributed by atoms with Crippen LogP contribution in [0.1, 0.15) is 26.3 Å². The molecule has 2 rings (SSSR count). The normalized spacial score (nSPS) is 11.6. The van der Waals surface area contributed by atoms with Crippen LogP contribution in [0.3, 0.4) is 0 Å². The smallest absolute Gasteiger partial charge is 0.266 e. The SMILES string of the molecule is CCc1ccc(N(CC(C)C)S(=O)(=O)c2ccc(Cl)c([N+](=O)[O-])c2)cc1. The van der Waals surface area contributed by atoms with E-state index < -0.39 is 20.6 Å². The Morgan fingerprint density at radius 3 is 2.27 bits per heavy atom. The Morgan fingerprint density at radius 2 is 1.77 bits per heavy atom. The number of hydrogen-bond acceptors (Lipinski definition) is 4. The van der Waals surface area contributed by atoms with Crippen molar-refractivity contribution < 1.29 is 13.3 Å². The number of sulfonamides is 1. The van der Waals surface area contributed by atoms with Gasteiger partial charge in [0.2, 0.25) is 0 Å². The Kier molecular flexibility index (Phi) is 6.26. The van der Waals surface area contributed by atoms with Crippen LogP contribution < -0.4 is 4.31 Å². The highest BCUT2D eigenvalue weighted by Gasteiger charge is 2.28. The number of anilines is 1. The van der Waals surface area contributed by atoms with Gasteiger partial charge in [0, 0.05) is 12.6 Å². The molecular weight excluding hydrogens is 376 g/mol. The van der Waals surface area contributed by atoms with Crippen molar-refractivity contribution in [2.45, 2.75) is 32.1 Å². The van der Waals surface area contributed by atoms with Gasteiger partial charge in [-0.25, -0.2) is 8.42 Å². The molecule has 0 amide bonds. The molecule has 0 unspecified atom stereocenters. The summed E-state index contributed by atoms with van der Waals surface area (Å²) in [5, 5.41) is 11.0. The molecule has 0 N–H and O–H groups in total. The Labute approximate surface area is 158 Å². The van der Waals surface area contributed by atoms with Gasteiger partial charge in [-0.15, -0.1) is 0 Å². The van der Waals surface area contributed by atoms with Crippen LogP contribution >= 0.6 is 11.6 Å². The Hall–Kier alpha value is -2.12. The van der Waals surface area contributed by atoms with Crippen LogP contribution in [0.2, 0.25) is 5.02 Å². The van der Waals surface area contributed by atoms with Gasteiger partial charge in [0.25, 0.3) is 15.7 Å². The van der Waals surface area contributed by atoms with E-state index in [4.69, 9.17) is 11.6 Å². The number of nitro groups is 1. The molecule has 0 spiro atoms. The highest BCUT2D eigenvalue weighted by atomic mass is 35.5. The molecule has 6 nitrogen and oxygen atoms in total. The number of rotatable bonds is 7. The van der Waals surface area contributed by atoms with Crippen molar-refractivity contribution in [1.29, 1.82) is 0 Å². The molecule has 0 atom stereocenters. The summed E-state index contributed by atoms with van der Waals surface area (Å²) in [6, 6.07) is 10.8. The average Bonchev–Trinajstić information content (AvgIpc) is 2.59. The fourth-order valence-corrected chi connectivity index (χ4v) is 4.33. The minimum atomic E-state index is -3.97. The molecule has 140 valence electrons. The summed E-state index contributed by atoms with van der Waals surface area (Å²) in [5.74, 6) is 0.0675. The van der Waals surface area contributed by atoms with Gasteiger partial charge in [0.05, 0.1) is 15.5 Å². The lowest BCUT2D eigenvalue weighted by atomic mass is 10.1. The van der Waals surface area contributed by atoms with Crippen molar-refractivity contribution in [2.75, 3.05) is 10.8 Å². The number of nitrogens with zero attached hydrogens (tertiary/aromatic N) is 2. The zero-order valence-electron chi connectivity index (χ0n) is 14.8. The lowest BCUT2D eigenvalue weighted by Crippen LogP contribution is -2.34. The number of nitro benzene ring substituents is 1. The maximum Gasteiger partial charge on any atom is 0.289 e. The number of aryl methyl sites for hydroxylation is 1. The molecule has 0 bridgehead atoms. The maximum atomic E-state index is 13.2. The third kappa shape index (κ3) is 4.34. The molecule has 0 aliphatic heterocycles. The molecule has 0 fully saturated rings. The molecule has 2 aromatic rings. The van der Waals surface area contributed by atoms with E-state index in [0.717, 1.165) is 18.1 Å². The summed E-state index contributed by atoms with van der Waals surface area (Å²) < 4.78 is 27.6.